The van der Waals surface area contributed by atoms with Gasteiger partial charge in [0.25, 0.3) is 0 Å². The molecule has 0 saturated heterocycles. The molecule has 1 aromatic carbocycles. The summed E-state index contributed by atoms with van der Waals surface area (Å²) in [5, 5.41) is 12.8. The van der Waals surface area contributed by atoms with E-state index >= 15 is 0 Å². The van der Waals surface area contributed by atoms with E-state index in [1.165, 1.54) is 5.56 Å². The highest BCUT2D eigenvalue weighted by Crippen LogP contribution is 2.35. The van der Waals surface area contributed by atoms with Gasteiger partial charge in [-0.3, -0.25) is 0 Å². The Morgan fingerprint density at radius 3 is 3.08 bits per heavy atom. The number of anilines is 1. The van der Waals surface area contributed by atoms with Gasteiger partial charge >= 0.3 is 0 Å². The molecule has 1 aromatic rings. The number of aliphatic hydroxyl groups excluding tert-OH is 1. The summed E-state index contributed by atoms with van der Waals surface area (Å²) in [4.78, 5) is 0. The van der Waals surface area contributed by atoms with Gasteiger partial charge in [-0.1, -0.05) is 22.0 Å². The summed E-state index contributed by atoms with van der Waals surface area (Å²) in [5.74, 6) is 0.239. The highest BCUT2D eigenvalue weighted by atomic mass is 79.9. The Balaban J connectivity index is 2.38. The van der Waals surface area contributed by atoms with Crippen molar-refractivity contribution in [2.24, 2.45) is 0 Å². The molecule has 0 aromatic heterocycles. The molecule has 0 fully saturated rings. The molecule has 0 aliphatic carbocycles. The van der Waals surface area contributed by atoms with Gasteiger partial charge in [-0.15, -0.1) is 0 Å². The molecule has 1 aliphatic heterocycles. The molecular weight excluding hydrogens is 230 g/mol. The lowest BCUT2D eigenvalue weighted by molar-refractivity contribution is 0.169. The van der Waals surface area contributed by atoms with Crippen LogP contribution in [0.3, 0.4) is 0 Å². The van der Waals surface area contributed by atoms with Crippen LogP contribution in [-0.4, -0.2) is 17.8 Å². The van der Waals surface area contributed by atoms with Crippen LogP contribution in [0, 0.1) is 0 Å². The molecule has 2 rings (SSSR count). The second-order valence-electron chi connectivity index (χ2n) is 3.46. The van der Waals surface area contributed by atoms with Gasteiger partial charge in [0, 0.05) is 22.6 Å². The smallest absolute Gasteiger partial charge is 0.0598 e. The van der Waals surface area contributed by atoms with Crippen molar-refractivity contribution in [1.29, 1.82) is 0 Å². The van der Waals surface area contributed by atoms with Gasteiger partial charge in [0.1, 0.15) is 0 Å². The van der Waals surface area contributed by atoms with E-state index in [-0.39, 0.29) is 12.0 Å². The van der Waals surface area contributed by atoms with Crippen molar-refractivity contribution in [2.75, 3.05) is 11.9 Å². The molecule has 0 saturated carbocycles. The van der Waals surface area contributed by atoms with Crippen molar-refractivity contribution in [1.82, 2.24) is 0 Å². The predicted octanol–water partition coefficient (Wildman–Crippen LogP) is 2.34. The molecule has 1 heterocycles. The summed E-state index contributed by atoms with van der Waals surface area (Å²) in [7, 11) is 0. The number of nitrogens with one attached hydrogen (secondary N) is 1. The first-order valence-electron chi connectivity index (χ1n) is 4.40. The zero-order valence-electron chi connectivity index (χ0n) is 7.42. The molecule has 13 heavy (non-hydrogen) atoms. The highest BCUT2D eigenvalue weighted by molar-refractivity contribution is 9.10. The topological polar surface area (TPSA) is 32.3 Å². The lowest BCUT2D eigenvalue weighted by Gasteiger charge is -2.12. The van der Waals surface area contributed by atoms with Crippen molar-refractivity contribution < 1.29 is 5.11 Å². The Morgan fingerprint density at radius 2 is 2.38 bits per heavy atom. The number of aliphatic hydroxyl groups is 1. The van der Waals surface area contributed by atoms with E-state index in [2.05, 4.69) is 33.4 Å². The van der Waals surface area contributed by atoms with Crippen molar-refractivity contribution in [3.05, 3.63) is 28.2 Å². The molecule has 0 radical (unpaired) electrons. The number of halogens is 1. The van der Waals surface area contributed by atoms with Crippen LogP contribution in [0.4, 0.5) is 5.69 Å². The summed E-state index contributed by atoms with van der Waals surface area (Å²) in [5.41, 5.74) is 2.36. The third kappa shape index (κ3) is 1.58. The number of rotatable bonds is 1. The molecule has 70 valence electrons. The molecule has 0 unspecified atom stereocenters. The normalized spacial score (nSPS) is 22.2. The maximum Gasteiger partial charge on any atom is 0.0598 e. The van der Waals surface area contributed by atoms with Gasteiger partial charge in [-0.25, -0.2) is 0 Å². The summed E-state index contributed by atoms with van der Waals surface area (Å²) in [6.45, 7) is 2.67. The molecule has 0 bridgehead atoms. The van der Waals surface area contributed by atoms with Gasteiger partial charge in [0.2, 0.25) is 0 Å². The summed E-state index contributed by atoms with van der Waals surface area (Å²) < 4.78 is 1.07. The molecule has 0 spiro atoms. The molecule has 2 atom stereocenters. The second-order valence-corrected chi connectivity index (χ2v) is 4.38. The Labute approximate surface area is 86.1 Å². The summed E-state index contributed by atoms with van der Waals surface area (Å²) in [6, 6.07) is 6.13. The molecule has 2 nitrogen and oxygen atoms in total. The van der Waals surface area contributed by atoms with Crippen LogP contribution in [0.2, 0.25) is 0 Å². The zero-order chi connectivity index (χ0) is 9.42. The minimum absolute atomic E-state index is 0.239. The Kier molecular flexibility index (Phi) is 2.30. The maximum absolute atomic E-state index is 9.52. The average Bonchev–Trinajstić information content (AvgIpc) is 2.46. The quantitative estimate of drug-likeness (QED) is 0.792. The van der Waals surface area contributed by atoms with E-state index in [4.69, 9.17) is 0 Å². The van der Waals surface area contributed by atoms with E-state index in [9.17, 15) is 5.11 Å². The van der Waals surface area contributed by atoms with E-state index in [1.54, 1.807) is 0 Å². The van der Waals surface area contributed by atoms with Crippen molar-refractivity contribution in [3.8, 4) is 0 Å². The SMILES string of the molecule is C[C@@H](O)[C@@H]1CNc2cc(Br)ccc21. The maximum atomic E-state index is 9.52. The van der Waals surface area contributed by atoms with Gasteiger partial charge in [0.15, 0.2) is 0 Å². The predicted molar refractivity (Wildman–Crippen MR) is 57.1 cm³/mol. The fraction of sp³-hybridized carbons (Fsp3) is 0.400. The number of hydrogen-bond acceptors (Lipinski definition) is 2. The second kappa shape index (κ2) is 3.31. The van der Waals surface area contributed by atoms with Crippen molar-refractivity contribution in [3.63, 3.8) is 0 Å². The van der Waals surface area contributed by atoms with Crippen LogP contribution >= 0.6 is 15.9 Å². The van der Waals surface area contributed by atoms with Gasteiger partial charge < -0.3 is 10.4 Å². The Hall–Kier alpha value is -0.540. The van der Waals surface area contributed by atoms with Crippen LogP contribution in [0.25, 0.3) is 0 Å². The fourth-order valence-corrected chi connectivity index (χ4v) is 2.13. The fourth-order valence-electron chi connectivity index (χ4n) is 1.77. The largest absolute Gasteiger partial charge is 0.393 e. The van der Waals surface area contributed by atoms with E-state index < -0.39 is 0 Å². The van der Waals surface area contributed by atoms with Gasteiger partial charge in [0.05, 0.1) is 6.10 Å². The third-order valence-electron chi connectivity index (χ3n) is 2.51. The first-order valence-corrected chi connectivity index (χ1v) is 5.19. The minimum atomic E-state index is -0.282. The van der Waals surface area contributed by atoms with Crippen LogP contribution in [0.1, 0.15) is 18.4 Å². The third-order valence-corrected chi connectivity index (χ3v) is 3.00. The molecule has 1 aliphatic rings. The lowest BCUT2D eigenvalue weighted by atomic mass is 9.97. The van der Waals surface area contributed by atoms with Crippen LogP contribution in [0.15, 0.2) is 22.7 Å². The molecule has 0 amide bonds. The first-order chi connectivity index (χ1) is 6.18. The molecule has 2 N–H and O–H groups in total. The Bertz CT molecular complexity index is 325. The average molecular weight is 242 g/mol. The monoisotopic (exact) mass is 241 g/mol. The van der Waals surface area contributed by atoms with Crippen molar-refractivity contribution >= 4 is 21.6 Å². The number of benzene rings is 1. The molecular formula is C10H12BrNO. The van der Waals surface area contributed by atoms with E-state index in [1.807, 2.05) is 13.0 Å². The van der Waals surface area contributed by atoms with E-state index in [0.29, 0.717) is 0 Å². The van der Waals surface area contributed by atoms with Crippen LogP contribution < -0.4 is 5.32 Å². The summed E-state index contributed by atoms with van der Waals surface area (Å²) >= 11 is 3.42. The van der Waals surface area contributed by atoms with Gasteiger partial charge in [-0.2, -0.15) is 0 Å². The van der Waals surface area contributed by atoms with Crippen LogP contribution in [-0.2, 0) is 0 Å². The first kappa shape index (κ1) is 9.03. The Morgan fingerprint density at radius 1 is 1.62 bits per heavy atom. The highest BCUT2D eigenvalue weighted by Gasteiger charge is 2.25. The molecule has 3 heteroatoms. The number of hydrogen-bond donors (Lipinski definition) is 2. The number of fused-ring (bicyclic) bond motifs is 1. The van der Waals surface area contributed by atoms with Crippen LogP contribution in [0.5, 0.6) is 0 Å². The lowest BCUT2D eigenvalue weighted by Crippen LogP contribution is -2.16. The van der Waals surface area contributed by atoms with E-state index in [0.717, 1.165) is 16.7 Å². The van der Waals surface area contributed by atoms with Crippen molar-refractivity contribution in [2.45, 2.75) is 18.9 Å². The standard InChI is InChI=1S/C10H12BrNO/c1-6(13)9-5-12-10-4-7(11)2-3-8(9)10/h2-4,6,9,12-13H,5H2,1H3/t6-,9+/m1/s1. The zero-order valence-corrected chi connectivity index (χ0v) is 9.01. The van der Waals surface area contributed by atoms with Gasteiger partial charge in [-0.05, 0) is 24.6 Å². The summed E-state index contributed by atoms with van der Waals surface area (Å²) in [6.07, 6.45) is -0.282. The minimum Gasteiger partial charge on any atom is -0.393 e.